The van der Waals surface area contributed by atoms with E-state index in [0.29, 0.717) is 41.6 Å². The van der Waals surface area contributed by atoms with Crippen molar-refractivity contribution in [1.29, 1.82) is 5.26 Å². The average molecular weight is 483 g/mol. The second-order valence-corrected chi connectivity index (χ2v) is 10.3. The van der Waals surface area contributed by atoms with Gasteiger partial charge in [-0.3, -0.25) is 9.59 Å². The Morgan fingerprint density at radius 1 is 1.11 bits per heavy atom. The lowest BCUT2D eigenvalue weighted by atomic mass is 9.67. The number of carbonyl (C=O) groups excluding carboxylic acids is 2. The van der Waals surface area contributed by atoms with Gasteiger partial charge in [0.1, 0.15) is 17.6 Å². The van der Waals surface area contributed by atoms with Gasteiger partial charge in [-0.2, -0.15) is 5.26 Å². The molecule has 2 amide bonds. The summed E-state index contributed by atoms with van der Waals surface area (Å²) in [6.07, 6.45) is 1.77. The van der Waals surface area contributed by atoms with Crippen molar-refractivity contribution in [3.05, 3.63) is 65.7 Å². The fourth-order valence-electron chi connectivity index (χ4n) is 6.56. The lowest BCUT2D eigenvalue weighted by Crippen LogP contribution is -2.43. The molecular formula is C29H26N2O5. The van der Waals surface area contributed by atoms with Crippen LogP contribution in [0.25, 0.3) is 10.8 Å². The van der Waals surface area contributed by atoms with E-state index in [9.17, 15) is 20.0 Å². The van der Waals surface area contributed by atoms with Crippen LogP contribution in [-0.2, 0) is 14.3 Å². The topological polar surface area (TPSA) is 99.9 Å². The summed E-state index contributed by atoms with van der Waals surface area (Å²) in [7, 11) is 0. The van der Waals surface area contributed by atoms with Gasteiger partial charge in [0.05, 0.1) is 40.9 Å². The molecule has 3 saturated heterocycles. The first kappa shape index (κ1) is 22.6. The van der Waals surface area contributed by atoms with Crippen LogP contribution in [0.3, 0.4) is 0 Å². The van der Waals surface area contributed by atoms with E-state index in [0.717, 1.165) is 10.9 Å². The Labute approximate surface area is 208 Å². The fourth-order valence-corrected chi connectivity index (χ4v) is 6.56. The normalized spacial score (nSPS) is 28.5. The molecule has 0 saturated carbocycles. The molecule has 182 valence electrons. The third kappa shape index (κ3) is 3.14. The number of aryl methyl sites for hydroxylation is 1. The fraction of sp³-hybridized carbons (Fsp3) is 0.345. The van der Waals surface area contributed by atoms with Crippen molar-refractivity contribution in [2.45, 2.75) is 44.3 Å². The number of fused-ring (bicyclic) bond motifs is 6. The second kappa shape index (κ2) is 7.81. The molecule has 4 unspecified atom stereocenters. The molecule has 0 aliphatic carbocycles. The first-order valence-electron chi connectivity index (χ1n) is 12.2. The Balaban J connectivity index is 1.33. The van der Waals surface area contributed by atoms with Gasteiger partial charge < -0.3 is 14.6 Å². The zero-order chi connectivity index (χ0) is 25.2. The molecular weight excluding hydrogens is 456 g/mol. The van der Waals surface area contributed by atoms with E-state index in [1.165, 1.54) is 4.90 Å². The predicted molar refractivity (Wildman–Crippen MR) is 133 cm³/mol. The highest BCUT2D eigenvalue weighted by Crippen LogP contribution is 2.62. The van der Waals surface area contributed by atoms with E-state index < -0.39 is 23.0 Å². The van der Waals surface area contributed by atoms with E-state index in [1.54, 1.807) is 18.2 Å². The van der Waals surface area contributed by atoms with Crippen molar-refractivity contribution in [3.63, 3.8) is 0 Å². The Morgan fingerprint density at radius 3 is 2.67 bits per heavy atom. The molecule has 0 spiro atoms. The first-order chi connectivity index (χ1) is 17.3. The number of anilines is 1. The minimum atomic E-state index is -0.809. The Hall–Kier alpha value is -3.89. The Bertz CT molecular complexity index is 1460. The standard InChI is InChI=1S/C29H26N2O5/c1-17-13-19(32)15-20(14-17)35-12-11-29-10-9-28(2,36-29)24-25(29)27(34)31(26(24)33)23-8-7-18-5-3-4-6-21(18)22(23)16-30/h3-8,13-15,24-25,32H,9-12H2,1-2H3. The van der Waals surface area contributed by atoms with Crippen LogP contribution in [0.5, 0.6) is 11.5 Å². The number of hydrogen-bond acceptors (Lipinski definition) is 6. The number of nitriles is 1. The van der Waals surface area contributed by atoms with Crippen molar-refractivity contribution >= 4 is 28.3 Å². The maximum absolute atomic E-state index is 13.9. The van der Waals surface area contributed by atoms with E-state index in [4.69, 9.17) is 9.47 Å². The Morgan fingerprint density at radius 2 is 1.89 bits per heavy atom. The highest BCUT2D eigenvalue weighted by Gasteiger charge is 2.74. The summed E-state index contributed by atoms with van der Waals surface area (Å²) in [4.78, 5) is 28.9. The number of imide groups is 1. The number of aromatic hydroxyl groups is 1. The van der Waals surface area contributed by atoms with Gasteiger partial charge >= 0.3 is 0 Å². The largest absolute Gasteiger partial charge is 0.508 e. The zero-order valence-corrected chi connectivity index (χ0v) is 20.2. The van der Waals surface area contributed by atoms with Crippen molar-refractivity contribution in [2.75, 3.05) is 11.5 Å². The van der Waals surface area contributed by atoms with Crippen LogP contribution < -0.4 is 9.64 Å². The summed E-state index contributed by atoms with van der Waals surface area (Å²) in [5, 5.41) is 21.4. The van der Waals surface area contributed by atoms with E-state index in [1.807, 2.05) is 50.2 Å². The predicted octanol–water partition coefficient (Wildman–Crippen LogP) is 4.62. The molecule has 2 bridgehead atoms. The van der Waals surface area contributed by atoms with Gasteiger partial charge in [-0.1, -0.05) is 30.3 Å². The number of ether oxygens (including phenoxy) is 2. The zero-order valence-electron chi connectivity index (χ0n) is 20.2. The van der Waals surface area contributed by atoms with Crippen molar-refractivity contribution in [1.82, 2.24) is 0 Å². The van der Waals surface area contributed by atoms with Crippen molar-refractivity contribution < 1.29 is 24.2 Å². The van der Waals surface area contributed by atoms with Crippen LogP contribution in [-0.4, -0.2) is 34.7 Å². The minimum absolute atomic E-state index is 0.129. The second-order valence-electron chi connectivity index (χ2n) is 10.3. The summed E-state index contributed by atoms with van der Waals surface area (Å²) in [6, 6.07) is 18.3. The van der Waals surface area contributed by atoms with Crippen LogP contribution in [0.1, 0.15) is 37.3 Å². The molecule has 0 radical (unpaired) electrons. The lowest BCUT2D eigenvalue weighted by molar-refractivity contribution is -0.131. The summed E-state index contributed by atoms with van der Waals surface area (Å²) in [5.74, 6) is -1.16. The van der Waals surface area contributed by atoms with Gasteiger partial charge in [-0.05, 0) is 55.8 Å². The molecule has 3 aliphatic rings. The molecule has 3 fully saturated rings. The van der Waals surface area contributed by atoms with Crippen molar-refractivity contribution in [2.24, 2.45) is 11.8 Å². The molecule has 3 aliphatic heterocycles. The van der Waals surface area contributed by atoms with Gasteiger partial charge in [-0.25, -0.2) is 4.90 Å². The molecule has 7 nitrogen and oxygen atoms in total. The highest BCUT2D eigenvalue weighted by molar-refractivity contribution is 6.24. The summed E-state index contributed by atoms with van der Waals surface area (Å²) < 4.78 is 12.4. The molecule has 3 aromatic rings. The average Bonchev–Trinajstić information content (AvgIpc) is 3.42. The first-order valence-corrected chi connectivity index (χ1v) is 12.2. The van der Waals surface area contributed by atoms with Crippen LogP contribution in [0.4, 0.5) is 5.69 Å². The third-order valence-corrected chi connectivity index (χ3v) is 8.10. The number of hydrogen-bond donors (Lipinski definition) is 1. The van der Waals surface area contributed by atoms with E-state index >= 15 is 0 Å². The SMILES string of the molecule is Cc1cc(O)cc(OCCC23CCC(C)(O2)C2C(=O)N(c4ccc5ccccc5c4C#N)C(=O)C23)c1. The maximum atomic E-state index is 13.9. The van der Waals surface area contributed by atoms with E-state index in [-0.39, 0.29) is 24.2 Å². The smallest absolute Gasteiger partial charge is 0.240 e. The minimum Gasteiger partial charge on any atom is -0.508 e. The highest BCUT2D eigenvalue weighted by atomic mass is 16.5. The number of nitrogens with zero attached hydrogens (tertiary/aromatic N) is 2. The molecule has 6 rings (SSSR count). The molecule has 4 atom stereocenters. The number of carbonyl (C=O) groups is 2. The molecule has 36 heavy (non-hydrogen) atoms. The summed E-state index contributed by atoms with van der Waals surface area (Å²) in [5.41, 5.74) is -0.00634. The number of benzene rings is 3. The van der Waals surface area contributed by atoms with Crippen LogP contribution in [0.15, 0.2) is 54.6 Å². The number of amides is 2. The molecule has 3 aromatic carbocycles. The Kier molecular flexibility index (Phi) is 4.89. The summed E-state index contributed by atoms with van der Waals surface area (Å²) in [6.45, 7) is 4.07. The van der Waals surface area contributed by atoms with Gasteiger partial charge in [0, 0.05) is 17.9 Å². The molecule has 7 heteroatoms. The monoisotopic (exact) mass is 482 g/mol. The molecule has 0 aromatic heterocycles. The lowest BCUT2D eigenvalue weighted by Gasteiger charge is -2.31. The maximum Gasteiger partial charge on any atom is 0.240 e. The third-order valence-electron chi connectivity index (χ3n) is 8.10. The van der Waals surface area contributed by atoms with Gasteiger partial charge in [0.2, 0.25) is 11.8 Å². The van der Waals surface area contributed by atoms with Crippen molar-refractivity contribution in [3.8, 4) is 17.6 Å². The quantitative estimate of drug-likeness (QED) is 0.533. The molecule has 1 N–H and O–H groups in total. The number of phenolic OH excluding ortho intramolecular Hbond substituents is 1. The van der Waals surface area contributed by atoms with Gasteiger partial charge in [0.25, 0.3) is 0 Å². The van der Waals surface area contributed by atoms with Crippen LogP contribution in [0, 0.1) is 30.1 Å². The number of phenols is 1. The van der Waals surface area contributed by atoms with Crippen LogP contribution >= 0.6 is 0 Å². The van der Waals surface area contributed by atoms with E-state index in [2.05, 4.69) is 6.07 Å². The number of rotatable bonds is 5. The summed E-state index contributed by atoms with van der Waals surface area (Å²) >= 11 is 0. The molecule has 3 heterocycles. The van der Waals surface area contributed by atoms with Gasteiger partial charge in [0.15, 0.2) is 0 Å². The van der Waals surface area contributed by atoms with Gasteiger partial charge in [-0.15, -0.1) is 0 Å². The van der Waals surface area contributed by atoms with Crippen LogP contribution in [0.2, 0.25) is 0 Å².